The van der Waals surface area contributed by atoms with Crippen molar-refractivity contribution in [1.82, 2.24) is 4.90 Å². The smallest absolute Gasteiger partial charge is 0.337 e. The van der Waals surface area contributed by atoms with E-state index in [-0.39, 0.29) is 6.03 Å². The zero-order valence-electron chi connectivity index (χ0n) is 11.2. The van der Waals surface area contributed by atoms with Gasteiger partial charge in [-0.25, -0.2) is 9.59 Å². The van der Waals surface area contributed by atoms with E-state index in [9.17, 15) is 9.59 Å². The van der Waals surface area contributed by atoms with Gasteiger partial charge in [-0.2, -0.15) is 0 Å². The number of rotatable bonds is 4. The predicted molar refractivity (Wildman–Crippen MR) is 74.7 cm³/mol. The molecular weight excluding hydrogens is 268 g/mol. The van der Waals surface area contributed by atoms with E-state index >= 15 is 0 Å². The van der Waals surface area contributed by atoms with Crippen molar-refractivity contribution in [2.75, 3.05) is 25.5 Å². The summed E-state index contributed by atoms with van der Waals surface area (Å²) in [4.78, 5) is 25.0. The summed E-state index contributed by atoms with van der Waals surface area (Å²) in [6, 6.07) is 4.33. The van der Waals surface area contributed by atoms with Crippen molar-refractivity contribution in [3.63, 3.8) is 0 Å². The number of ether oxygens (including phenoxy) is 1. The third-order valence-electron chi connectivity index (χ3n) is 2.68. The minimum absolute atomic E-state index is 0.256. The van der Waals surface area contributed by atoms with Crippen molar-refractivity contribution in [2.45, 2.75) is 13.8 Å². The van der Waals surface area contributed by atoms with Gasteiger partial charge < -0.3 is 15.0 Å². The number of carbonyl (C=O) groups excluding carboxylic acids is 2. The van der Waals surface area contributed by atoms with Gasteiger partial charge in [0.2, 0.25) is 0 Å². The first-order valence-corrected chi connectivity index (χ1v) is 6.35. The van der Waals surface area contributed by atoms with Crippen LogP contribution in [0.2, 0.25) is 5.02 Å². The molecule has 0 saturated carbocycles. The molecular formula is C13H17ClN2O3. The quantitative estimate of drug-likeness (QED) is 0.865. The van der Waals surface area contributed by atoms with Crippen molar-refractivity contribution in [3.8, 4) is 0 Å². The molecule has 0 aliphatic heterocycles. The molecule has 2 amide bonds. The Kier molecular flexibility index (Phi) is 5.63. The number of benzene rings is 1. The van der Waals surface area contributed by atoms with Crippen molar-refractivity contribution >= 4 is 29.3 Å². The average molecular weight is 285 g/mol. The number of hydrogen-bond donors (Lipinski definition) is 1. The van der Waals surface area contributed by atoms with Gasteiger partial charge >= 0.3 is 12.0 Å². The maximum absolute atomic E-state index is 11.9. The molecule has 0 spiro atoms. The molecule has 1 aromatic carbocycles. The van der Waals surface area contributed by atoms with Gasteiger partial charge in [-0.15, -0.1) is 0 Å². The molecule has 5 nitrogen and oxygen atoms in total. The molecule has 0 heterocycles. The topological polar surface area (TPSA) is 58.6 Å². The van der Waals surface area contributed by atoms with Gasteiger partial charge in [0.1, 0.15) is 0 Å². The second-order valence-electron chi connectivity index (χ2n) is 3.79. The minimum Gasteiger partial charge on any atom is -0.465 e. The molecule has 1 rings (SSSR count). The van der Waals surface area contributed by atoms with Crippen LogP contribution in [0.15, 0.2) is 18.2 Å². The summed E-state index contributed by atoms with van der Waals surface area (Å²) in [7, 11) is 1.30. The van der Waals surface area contributed by atoms with Crippen LogP contribution in [0.4, 0.5) is 10.5 Å². The van der Waals surface area contributed by atoms with Crippen LogP contribution in [-0.2, 0) is 4.74 Å². The van der Waals surface area contributed by atoms with E-state index in [0.717, 1.165) is 0 Å². The Morgan fingerprint density at radius 3 is 2.47 bits per heavy atom. The Morgan fingerprint density at radius 1 is 1.32 bits per heavy atom. The lowest BCUT2D eigenvalue weighted by Gasteiger charge is -2.19. The summed E-state index contributed by atoms with van der Waals surface area (Å²) < 4.78 is 4.62. The predicted octanol–water partition coefficient (Wildman–Crippen LogP) is 3.00. The van der Waals surface area contributed by atoms with Crippen LogP contribution in [0.1, 0.15) is 24.2 Å². The Hall–Kier alpha value is -1.75. The van der Waals surface area contributed by atoms with Crippen LogP contribution < -0.4 is 5.32 Å². The van der Waals surface area contributed by atoms with Crippen molar-refractivity contribution in [2.24, 2.45) is 0 Å². The van der Waals surface area contributed by atoms with Crippen LogP contribution in [0, 0.1) is 0 Å². The lowest BCUT2D eigenvalue weighted by Crippen LogP contribution is -2.34. The molecule has 1 N–H and O–H groups in total. The highest BCUT2D eigenvalue weighted by Gasteiger charge is 2.14. The minimum atomic E-state index is -0.477. The molecule has 0 aromatic heterocycles. The maximum Gasteiger partial charge on any atom is 0.337 e. The number of urea groups is 1. The molecule has 0 unspecified atom stereocenters. The molecule has 19 heavy (non-hydrogen) atoms. The number of amides is 2. The molecule has 104 valence electrons. The second kappa shape index (κ2) is 6.99. The van der Waals surface area contributed by atoms with Gasteiger partial charge in [0, 0.05) is 13.1 Å². The fraction of sp³-hybridized carbons (Fsp3) is 0.385. The SMILES string of the molecule is CCN(CC)C(=O)Nc1cc(C(=O)OC)ccc1Cl. The zero-order valence-corrected chi connectivity index (χ0v) is 12.0. The molecule has 0 saturated heterocycles. The van der Waals surface area contributed by atoms with Gasteiger partial charge in [-0.3, -0.25) is 0 Å². The van der Waals surface area contributed by atoms with E-state index in [0.29, 0.717) is 29.4 Å². The third kappa shape index (κ3) is 3.86. The van der Waals surface area contributed by atoms with Crippen LogP contribution in [0.25, 0.3) is 0 Å². The monoisotopic (exact) mass is 284 g/mol. The number of carbonyl (C=O) groups is 2. The normalized spacial score (nSPS) is 9.89. The summed E-state index contributed by atoms with van der Waals surface area (Å²) >= 11 is 5.99. The maximum atomic E-state index is 11.9. The van der Waals surface area contributed by atoms with Gasteiger partial charge in [0.25, 0.3) is 0 Å². The molecule has 0 aliphatic rings. The number of nitrogens with one attached hydrogen (secondary N) is 1. The van der Waals surface area contributed by atoms with Crippen molar-refractivity contribution in [1.29, 1.82) is 0 Å². The molecule has 0 fully saturated rings. The van der Waals surface area contributed by atoms with E-state index in [4.69, 9.17) is 11.6 Å². The average Bonchev–Trinajstić information content (AvgIpc) is 2.41. The van der Waals surface area contributed by atoms with Crippen molar-refractivity contribution < 1.29 is 14.3 Å². The number of nitrogens with zero attached hydrogens (tertiary/aromatic N) is 1. The van der Waals surface area contributed by atoms with E-state index in [2.05, 4.69) is 10.1 Å². The zero-order chi connectivity index (χ0) is 14.4. The Balaban J connectivity index is 2.94. The molecule has 0 aliphatic carbocycles. The number of anilines is 1. The fourth-order valence-electron chi connectivity index (χ4n) is 1.57. The highest BCUT2D eigenvalue weighted by molar-refractivity contribution is 6.33. The summed E-state index contributed by atoms with van der Waals surface area (Å²) in [6.45, 7) is 4.96. The van der Waals surface area contributed by atoms with Crippen LogP contribution >= 0.6 is 11.6 Å². The Bertz CT molecular complexity index is 473. The van der Waals surface area contributed by atoms with Gasteiger partial charge in [-0.05, 0) is 32.0 Å². The Labute approximate surface area is 117 Å². The van der Waals surface area contributed by atoms with Crippen molar-refractivity contribution in [3.05, 3.63) is 28.8 Å². The summed E-state index contributed by atoms with van der Waals surface area (Å²) in [5.74, 6) is -0.477. The lowest BCUT2D eigenvalue weighted by molar-refractivity contribution is 0.0600. The first kappa shape index (κ1) is 15.3. The van der Waals surface area contributed by atoms with Gasteiger partial charge in [-0.1, -0.05) is 11.6 Å². The van der Waals surface area contributed by atoms with Crippen LogP contribution in [-0.4, -0.2) is 37.1 Å². The number of hydrogen-bond acceptors (Lipinski definition) is 3. The first-order valence-electron chi connectivity index (χ1n) is 5.97. The molecule has 0 atom stereocenters. The molecule has 6 heteroatoms. The first-order chi connectivity index (χ1) is 9.03. The Morgan fingerprint density at radius 2 is 1.95 bits per heavy atom. The highest BCUT2D eigenvalue weighted by Crippen LogP contribution is 2.23. The van der Waals surface area contributed by atoms with Crippen LogP contribution in [0.5, 0.6) is 0 Å². The standard InChI is InChI=1S/C13H17ClN2O3/c1-4-16(5-2)13(18)15-11-8-9(12(17)19-3)6-7-10(11)14/h6-8H,4-5H2,1-3H3,(H,15,18). The number of halogens is 1. The van der Waals surface area contributed by atoms with E-state index in [1.165, 1.54) is 13.2 Å². The highest BCUT2D eigenvalue weighted by atomic mass is 35.5. The van der Waals surface area contributed by atoms with Gasteiger partial charge in [0.15, 0.2) is 0 Å². The van der Waals surface area contributed by atoms with Crippen LogP contribution in [0.3, 0.4) is 0 Å². The summed E-state index contributed by atoms with van der Waals surface area (Å²) in [5, 5.41) is 3.05. The number of methoxy groups -OCH3 is 1. The third-order valence-corrected chi connectivity index (χ3v) is 3.01. The van der Waals surface area contributed by atoms with E-state index < -0.39 is 5.97 Å². The summed E-state index contributed by atoms with van der Waals surface area (Å²) in [6.07, 6.45) is 0. The van der Waals surface area contributed by atoms with E-state index in [1.807, 2.05) is 13.8 Å². The van der Waals surface area contributed by atoms with Gasteiger partial charge in [0.05, 0.1) is 23.4 Å². The number of esters is 1. The largest absolute Gasteiger partial charge is 0.465 e. The lowest BCUT2D eigenvalue weighted by atomic mass is 10.2. The molecule has 0 radical (unpaired) electrons. The second-order valence-corrected chi connectivity index (χ2v) is 4.20. The summed E-state index contributed by atoms with van der Waals surface area (Å²) in [5.41, 5.74) is 0.725. The molecule has 1 aromatic rings. The van der Waals surface area contributed by atoms with E-state index in [1.54, 1.807) is 17.0 Å². The fourth-order valence-corrected chi connectivity index (χ4v) is 1.74. The molecule has 0 bridgehead atoms.